The molecule has 6 heteroatoms. The predicted octanol–water partition coefficient (Wildman–Crippen LogP) is 1.19. The Kier molecular flexibility index (Phi) is 3.26. The molecule has 0 atom stereocenters. The Morgan fingerprint density at radius 3 is 2.76 bits per heavy atom. The summed E-state index contributed by atoms with van der Waals surface area (Å²) in [4.78, 5) is 11.0. The number of nitrogens with two attached hydrogens (primary N) is 2. The lowest BCUT2D eigenvalue weighted by molar-refractivity contribution is 0.100. The Hall–Kier alpha value is -1.66. The van der Waals surface area contributed by atoms with Crippen molar-refractivity contribution in [3.8, 4) is 5.69 Å². The van der Waals surface area contributed by atoms with Gasteiger partial charge in [0.2, 0.25) is 0 Å². The quantitative estimate of drug-likeness (QED) is 0.891. The summed E-state index contributed by atoms with van der Waals surface area (Å²) in [5, 5.41) is 4.08. The molecule has 0 aliphatic carbocycles. The molecule has 5 nitrogen and oxygen atoms in total. The van der Waals surface area contributed by atoms with Crippen LogP contribution in [0.25, 0.3) is 5.69 Å². The zero-order chi connectivity index (χ0) is 12.4. The molecule has 0 bridgehead atoms. The van der Waals surface area contributed by atoms with Crippen LogP contribution in [0.15, 0.2) is 35.1 Å². The largest absolute Gasteiger partial charge is 0.366 e. The highest BCUT2D eigenvalue weighted by atomic mass is 79.9. The van der Waals surface area contributed by atoms with Crippen LogP contribution in [0, 0.1) is 0 Å². The maximum Gasteiger partial charge on any atom is 0.251 e. The molecule has 4 N–H and O–H groups in total. The lowest BCUT2D eigenvalue weighted by Gasteiger charge is -2.06. The van der Waals surface area contributed by atoms with Crippen LogP contribution in [0.1, 0.15) is 15.9 Å². The second-order valence-electron chi connectivity index (χ2n) is 3.53. The average molecular weight is 295 g/mol. The highest BCUT2D eigenvalue weighted by Gasteiger charge is 2.08. The first-order valence-electron chi connectivity index (χ1n) is 4.95. The number of primary amides is 1. The molecular formula is C11H11BrN4O. The summed E-state index contributed by atoms with van der Waals surface area (Å²) in [6.45, 7) is 0.477. The summed E-state index contributed by atoms with van der Waals surface area (Å²) in [6.07, 6.45) is 3.02. The van der Waals surface area contributed by atoms with E-state index in [1.165, 1.54) is 6.20 Å². The van der Waals surface area contributed by atoms with Crippen LogP contribution in [0.3, 0.4) is 0 Å². The third kappa shape index (κ3) is 2.37. The fourth-order valence-corrected chi connectivity index (χ4v) is 2.05. The number of carbonyl (C=O) groups is 1. The van der Waals surface area contributed by atoms with Crippen molar-refractivity contribution >= 4 is 21.8 Å². The Morgan fingerprint density at radius 1 is 1.47 bits per heavy atom. The van der Waals surface area contributed by atoms with Crippen molar-refractivity contribution < 1.29 is 4.79 Å². The van der Waals surface area contributed by atoms with E-state index in [-0.39, 0.29) is 0 Å². The summed E-state index contributed by atoms with van der Waals surface area (Å²) < 4.78 is 2.45. The molecule has 2 rings (SSSR count). The van der Waals surface area contributed by atoms with Gasteiger partial charge < -0.3 is 11.5 Å². The summed E-state index contributed by atoms with van der Waals surface area (Å²) in [6, 6.07) is 5.71. The van der Waals surface area contributed by atoms with Crippen LogP contribution in [0.2, 0.25) is 0 Å². The molecule has 2 aromatic rings. The Labute approximate surface area is 107 Å². The number of nitrogens with zero attached hydrogens (tertiary/aromatic N) is 2. The molecule has 0 fully saturated rings. The Balaban J connectivity index is 2.42. The van der Waals surface area contributed by atoms with Gasteiger partial charge in [-0.25, -0.2) is 4.68 Å². The van der Waals surface area contributed by atoms with Crippen LogP contribution in [0.5, 0.6) is 0 Å². The Morgan fingerprint density at radius 2 is 2.24 bits per heavy atom. The number of benzene rings is 1. The van der Waals surface area contributed by atoms with Crippen LogP contribution in [-0.4, -0.2) is 15.7 Å². The van der Waals surface area contributed by atoms with Crippen LogP contribution < -0.4 is 11.5 Å². The molecule has 0 aliphatic heterocycles. The summed E-state index contributed by atoms with van der Waals surface area (Å²) in [5.74, 6) is -0.494. The summed E-state index contributed by atoms with van der Waals surface area (Å²) in [7, 11) is 0. The molecule has 0 saturated carbocycles. The van der Waals surface area contributed by atoms with Crippen LogP contribution in [0.4, 0.5) is 0 Å². The van der Waals surface area contributed by atoms with E-state index in [0.29, 0.717) is 12.1 Å². The van der Waals surface area contributed by atoms with E-state index in [9.17, 15) is 4.79 Å². The van der Waals surface area contributed by atoms with Crippen LogP contribution >= 0.6 is 15.9 Å². The lowest BCUT2D eigenvalue weighted by atomic mass is 10.2. The van der Waals surface area contributed by atoms with Crippen LogP contribution in [-0.2, 0) is 6.54 Å². The smallest absolute Gasteiger partial charge is 0.251 e. The van der Waals surface area contributed by atoms with Gasteiger partial charge in [-0.2, -0.15) is 5.10 Å². The molecule has 17 heavy (non-hydrogen) atoms. The highest BCUT2D eigenvalue weighted by Crippen LogP contribution is 2.22. The maximum absolute atomic E-state index is 11.0. The topological polar surface area (TPSA) is 86.9 Å². The van der Waals surface area contributed by atoms with E-state index in [1.54, 1.807) is 10.9 Å². The zero-order valence-electron chi connectivity index (χ0n) is 8.93. The first-order valence-corrected chi connectivity index (χ1v) is 5.74. The molecule has 1 amide bonds. The maximum atomic E-state index is 11.0. The molecular weight excluding hydrogens is 284 g/mol. The molecule has 0 aliphatic rings. The third-order valence-electron chi connectivity index (χ3n) is 2.36. The SMILES string of the molecule is NCc1ccc(-n2cc(C(N)=O)cn2)c(Br)c1. The average Bonchev–Trinajstić information content (AvgIpc) is 2.78. The minimum atomic E-state index is -0.494. The van der Waals surface area contributed by atoms with Gasteiger partial charge in [-0.15, -0.1) is 0 Å². The number of rotatable bonds is 3. The first-order chi connectivity index (χ1) is 8.11. The second-order valence-corrected chi connectivity index (χ2v) is 4.38. The van der Waals surface area contributed by atoms with E-state index in [2.05, 4.69) is 21.0 Å². The third-order valence-corrected chi connectivity index (χ3v) is 3.00. The van der Waals surface area contributed by atoms with Gasteiger partial charge >= 0.3 is 0 Å². The lowest BCUT2D eigenvalue weighted by Crippen LogP contribution is -2.09. The van der Waals surface area contributed by atoms with Gasteiger partial charge in [0.15, 0.2) is 0 Å². The van der Waals surface area contributed by atoms with Gasteiger partial charge in [-0.3, -0.25) is 4.79 Å². The zero-order valence-corrected chi connectivity index (χ0v) is 10.5. The monoisotopic (exact) mass is 294 g/mol. The van der Waals surface area contributed by atoms with Crippen molar-refractivity contribution in [3.63, 3.8) is 0 Å². The fourth-order valence-electron chi connectivity index (χ4n) is 1.44. The number of amides is 1. The predicted molar refractivity (Wildman–Crippen MR) is 67.7 cm³/mol. The minimum absolute atomic E-state index is 0.375. The van der Waals surface area contributed by atoms with Crippen molar-refractivity contribution in [3.05, 3.63) is 46.2 Å². The number of aromatic nitrogens is 2. The van der Waals surface area contributed by atoms with Gasteiger partial charge in [-0.05, 0) is 33.6 Å². The minimum Gasteiger partial charge on any atom is -0.366 e. The second kappa shape index (κ2) is 4.68. The normalized spacial score (nSPS) is 10.5. The highest BCUT2D eigenvalue weighted by molar-refractivity contribution is 9.10. The number of hydrogen-bond acceptors (Lipinski definition) is 3. The number of halogens is 1. The number of hydrogen-bond donors (Lipinski definition) is 2. The molecule has 1 aromatic heterocycles. The van der Waals surface area contributed by atoms with Gasteiger partial charge in [0.1, 0.15) is 0 Å². The molecule has 1 heterocycles. The molecule has 0 saturated heterocycles. The summed E-state index contributed by atoms with van der Waals surface area (Å²) in [5.41, 5.74) is 12.9. The standard InChI is InChI=1S/C11H11BrN4O/c12-9-3-7(4-13)1-2-10(9)16-6-8(5-15-16)11(14)17/h1-3,5-6H,4,13H2,(H2,14,17). The van der Waals surface area contributed by atoms with Crippen molar-refractivity contribution in [2.75, 3.05) is 0 Å². The first kappa shape index (κ1) is 11.8. The molecule has 88 valence electrons. The van der Waals surface area contributed by atoms with Crippen molar-refractivity contribution in [2.45, 2.75) is 6.54 Å². The van der Waals surface area contributed by atoms with E-state index in [1.807, 2.05) is 18.2 Å². The van der Waals surface area contributed by atoms with Crippen molar-refractivity contribution in [1.29, 1.82) is 0 Å². The van der Waals surface area contributed by atoms with Crippen molar-refractivity contribution in [1.82, 2.24) is 9.78 Å². The van der Waals surface area contributed by atoms with E-state index < -0.39 is 5.91 Å². The van der Waals surface area contributed by atoms with E-state index >= 15 is 0 Å². The molecule has 0 radical (unpaired) electrons. The fraction of sp³-hybridized carbons (Fsp3) is 0.0909. The molecule has 1 aromatic carbocycles. The van der Waals surface area contributed by atoms with Gasteiger partial charge in [0.25, 0.3) is 5.91 Å². The van der Waals surface area contributed by atoms with E-state index in [4.69, 9.17) is 11.5 Å². The van der Waals surface area contributed by atoms with E-state index in [0.717, 1.165) is 15.7 Å². The van der Waals surface area contributed by atoms with Crippen molar-refractivity contribution in [2.24, 2.45) is 11.5 Å². The van der Waals surface area contributed by atoms with Gasteiger partial charge in [0, 0.05) is 17.2 Å². The molecule has 0 unspecified atom stereocenters. The Bertz CT molecular complexity index is 564. The molecule has 0 spiro atoms. The van der Waals surface area contributed by atoms with Gasteiger partial charge in [0.05, 0.1) is 17.4 Å². The number of carbonyl (C=O) groups excluding carboxylic acids is 1. The van der Waals surface area contributed by atoms with Gasteiger partial charge in [-0.1, -0.05) is 6.07 Å². The summed E-state index contributed by atoms with van der Waals surface area (Å²) >= 11 is 3.44.